The summed E-state index contributed by atoms with van der Waals surface area (Å²) in [6, 6.07) is 8.31. The summed E-state index contributed by atoms with van der Waals surface area (Å²) in [6.45, 7) is 10.8. The second kappa shape index (κ2) is 10.9. The van der Waals surface area contributed by atoms with Gasteiger partial charge in [0.25, 0.3) is 0 Å². The first kappa shape index (κ1) is 27.9. The molecule has 0 bridgehead atoms. The zero-order valence-electron chi connectivity index (χ0n) is 24.8. The summed E-state index contributed by atoms with van der Waals surface area (Å²) < 4.78 is 5.76. The van der Waals surface area contributed by atoms with Crippen molar-refractivity contribution in [3.8, 4) is 0 Å². The number of likely N-dealkylation sites (tertiary alicyclic amines) is 1. The van der Waals surface area contributed by atoms with Gasteiger partial charge in [-0.15, -0.1) is 0 Å². The number of ether oxygens (including phenoxy) is 1. The Morgan fingerprint density at radius 2 is 1.71 bits per heavy atom. The summed E-state index contributed by atoms with van der Waals surface area (Å²) >= 11 is 0. The van der Waals surface area contributed by atoms with Crippen LogP contribution in [0.5, 0.6) is 0 Å². The number of rotatable bonds is 5. The van der Waals surface area contributed by atoms with Gasteiger partial charge in [-0.25, -0.2) is 14.8 Å². The van der Waals surface area contributed by atoms with Crippen molar-refractivity contribution in [2.45, 2.75) is 95.3 Å². The lowest BCUT2D eigenvalue weighted by molar-refractivity contribution is -0.134. The molecule has 1 aromatic heterocycles. The molecule has 1 N–H and O–H groups in total. The monoisotopic (exact) mass is 561 g/mol. The van der Waals surface area contributed by atoms with Crippen LogP contribution >= 0.6 is 0 Å². The van der Waals surface area contributed by atoms with Gasteiger partial charge in [0.15, 0.2) is 0 Å². The molecule has 1 saturated carbocycles. The predicted octanol–water partition coefficient (Wildman–Crippen LogP) is 4.73. The molecule has 4 aliphatic rings. The Labute approximate surface area is 242 Å². The lowest BCUT2D eigenvalue weighted by Gasteiger charge is -2.40. The molecule has 0 radical (unpaired) electrons. The number of piperazine rings is 1. The number of benzene rings is 1. The zero-order chi connectivity index (χ0) is 28.9. The summed E-state index contributed by atoms with van der Waals surface area (Å²) in [5, 5.41) is 10.4. The van der Waals surface area contributed by atoms with E-state index in [0.29, 0.717) is 45.1 Å². The molecule has 0 unspecified atom stereocenters. The topological polar surface area (TPSA) is 99.1 Å². The number of amides is 2. The van der Waals surface area contributed by atoms with Crippen LogP contribution in [0.25, 0.3) is 0 Å². The molecule has 6 rings (SSSR count). The van der Waals surface area contributed by atoms with E-state index in [0.717, 1.165) is 35.5 Å². The Morgan fingerprint density at radius 3 is 2.37 bits per heavy atom. The average Bonchev–Trinajstić information content (AvgIpc) is 3.61. The van der Waals surface area contributed by atoms with Crippen molar-refractivity contribution >= 4 is 17.8 Å². The lowest BCUT2D eigenvalue weighted by atomic mass is 9.87. The fraction of sp³-hybridized carbons (Fsp3) is 0.625. The fourth-order valence-corrected chi connectivity index (χ4v) is 6.90. The smallest absolute Gasteiger partial charge is 0.410 e. The molecule has 1 aromatic carbocycles. The minimum atomic E-state index is -0.597. The molecule has 2 amide bonds. The quantitative estimate of drug-likeness (QED) is 0.564. The largest absolute Gasteiger partial charge is 0.444 e. The number of carbonyl (C=O) groups excluding carboxylic acids is 2. The molecule has 2 aliphatic heterocycles. The standard InChI is InChI=1S/C32H43N5O4/c1-20-18-25(38)28-26(20)29(34-19-33-28)35-14-16-36(17-15-35)30(39)27(23-11-9-22(10-12-23)21-7-8-21)24-6-5-13-37(24)31(40)41-32(2,3)4/h9-12,19-21,24-25,27,38H,5-8,13-18H2,1-4H3/t20-,24+,25-,27+/m1/s1. The van der Waals surface area contributed by atoms with Crippen LogP contribution in [0.3, 0.4) is 0 Å². The van der Waals surface area contributed by atoms with Gasteiger partial charge >= 0.3 is 6.09 Å². The minimum absolute atomic E-state index is 0.0704. The highest BCUT2D eigenvalue weighted by Crippen LogP contribution is 2.43. The van der Waals surface area contributed by atoms with Crippen LogP contribution in [0, 0.1) is 0 Å². The van der Waals surface area contributed by atoms with E-state index in [1.165, 1.54) is 18.4 Å². The summed E-state index contributed by atoms with van der Waals surface area (Å²) in [5.74, 6) is 1.35. The van der Waals surface area contributed by atoms with E-state index in [1.807, 2.05) is 25.7 Å². The highest BCUT2D eigenvalue weighted by atomic mass is 16.6. The van der Waals surface area contributed by atoms with Crippen molar-refractivity contribution in [3.63, 3.8) is 0 Å². The summed E-state index contributed by atoms with van der Waals surface area (Å²) in [4.78, 5) is 42.5. The van der Waals surface area contributed by atoms with Crippen molar-refractivity contribution in [1.29, 1.82) is 0 Å². The molecule has 3 fully saturated rings. The SMILES string of the molecule is C[C@@H]1C[C@@H](O)c2ncnc(N3CCN(C(=O)[C@@H](c4ccc(C5CC5)cc4)[C@@H]4CCCN4C(=O)OC(C)(C)C)CC3)c21. The normalized spacial score (nSPS) is 25.3. The van der Waals surface area contributed by atoms with Crippen molar-refractivity contribution in [1.82, 2.24) is 19.8 Å². The lowest BCUT2D eigenvalue weighted by Crippen LogP contribution is -2.53. The van der Waals surface area contributed by atoms with Crippen LogP contribution < -0.4 is 4.90 Å². The fourth-order valence-electron chi connectivity index (χ4n) is 6.90. The molecular weight excluding hydrogens is 518 g/mol. The van der Waals surface area contributed by atoms with E-state index in [9.17, 15) is 14.7 Å². The molecule has 3 heterocycles. The maximum Gasteiger partial charge on any atom is 0.410 e. The maximum atomic E-state index is 14.4. The molecule has 41 heavy (non-hydrogen) atoms. The van der Waals surface area contributed by atoms with E-state index >= 15 is 0 Å². The van der Waals surface area contributed by atoms with E-state index in [4.69, 9.17) is 4.74 Å². The van der Waals surface area contributed by atoms with Gasteiger partial charge in [0.1, 0.15) is 17.7 Å². The Hall–Kier alpha value is -3.20. The molecule has 2 aliphatic carbocycles. The first-order chi connectivity index (χ1) is 19.6. The number of hydrogen-bond acceptors (Lipinski definition) is 7. The van der Waals surface area contributed by atoms with E-state index in [2.05, 4.69) is 46.1 Å². The van der Waals surface area contributed by atoms with Crippen LogP contribution in [0.4, 0.5) is 10.6 Å². The van der Waals surface area contributed by atoms with Crippen LogP contribution in [0.15, 0.2) is 30.6 Å². The van der Waals surface area contributed by atoms with Crippen LogP contribution in [0.1, 0.15) is 106 Å². The molecule has 9 heteroatoms. The number of hydrogen-bond donors (Lipinski definition) is 1. The second-order valence-electron chi connectivity index (χ2n) is 13.3. The average molecular weight is 562 g/mol. The van der Waals surface area contributed by atoms with Gasteiger partial charge in [0, 0.05) is 38.3 Å². The summed E-state index contributed by atoms with van der Waals surface area (Å²) in [7, 11) is 0. The van der Waals surface area contributed by atoms with Crippen molar-refractivity contribution < 1.29 is 19.4 Å². The van der Waals surface area contributed by atoms with Gasteiger partial charge in [0.2, 0.25) is 5.91 Å². The number of aromatic nitrogens is 2. The first-order valence-corrected chi connectivity index (χ1v) is 15.3. The van der Waals surface area contributed by atoms with Crippen LogP contribution in [-0.4, -0.2) is 81.2 Å². The third-order valence-corrected chi connectivity index (χ3v) is 9.09. The number of fused-ring (bicyclic) bond motifs is 1. The van der Waals surface area contributed by atoms with Crippen molar-refractivity contribution in [3.05, 3.63) is 53.0 Å². The van der Waals surface area contributed by atoms with Crippen LogP contribution in [-0.2, 0) is 9.53 Å². The number of aliphatic hydroxyl groups excluding tert-OH is 1. The van der Waals surface area contributed by atoms with E-state index in [-0.39, 0.29) is 24.0 Å². The molecule has 4 atom stereocenters. The first-order valence-electron chi connectivity index (χ1n) is 15.3. The Bertz CT molecular complexity index is 1280. The van der Waals surface area contributed by atoms with Gasteiger partial charge in [0.05, 0.1) is 23.8 Å². The zero-order valence-corrected chi connectivity index (χ0v) is 24.8. The van der Waals surface area contributed by atoms with Gasteiger partial charge in [-0.05, 0) is 75.8 Å². The van der Waals surface area contributed by atoms with Gasteiger partial charge in [-0.3, -0.25) is 4.79 Å². The van der Waals surface area contributed by atoms with Gasteiger partial charge in [-0.2, -0.15) is 0 Å². The van der Waals surface area contributed by atoms with E-state index < -0.39 is 17.6 Å². The highest BCUT2D eigenvalue weighted by Gasteiger charge is 2.43. The summed E-state index contributed by atoms with van der Waals surface area (Å²) in [5.41, 5.74) is 3.48. The number of aliphatic hydroxyl groups is 1. The van der Waals surface area contributed by atoms with Crippen molar-refractivity contribution in [2.75, 3.05) is 37.6 Å². The Balaban J connectivity index is 1.23. The predicted molar refractivity (Wildman–Crippen MR) is 156 cm³/mol. The second-order valence-corrected chi connectivity index (χ2v) is 13.3. The van der Waals surface area contributed by atoms with Crippen LogP contribution in [0.2, 0.25) is 0 Å². The Kier molecular flexibility index (Phi) is 7.42. The number of carbonyl (C=O) groups is 2. The summed E-state index contributed by atoms with van der Waals surface area (Å²) in [6.07, 6.45) is 5.40. The number of anilines is 1. The highest BCUT2D eigenvalue weighted by molar-refractivity contribution is 5.86. The Morgan fingerprint density at radius 1 is 1.00 bits per heavy atom. The van der Waals surface area contributed by atoms with E-state index in [1.54, 1.807) is 11.2 Å². The molecule has 220 valence electrons. The number of nitrogens with zero attached hydrogens (tertiary/aromatic N) is 5. The third-order valence-electron chi connectivity index (χ3n) is 9.09. The minimum Gasteiger partial charge on any atom is -0.444 e. The molecule has 2 saturated heterocycles. The van der Waals surface area contributed by atoms with Crippen molar-refractivity contribution in [2.24, 2.45) is 0 Å². The van der Waals surface area contributed by atoms with Gasteiger partial charge < -0.3 is 24.5 Å². The van der Waals surface area contributed by atoms with Gasteiger partial charge in [-0.1, -0.05) is 31.2 Å². The molecule has 2 aromatic rings. The molecular formula is C32H43N5O4. The molecule has 0 spiro atoms. The third kappa shape index (κ3) is 5.65. The molecule has 9 nitrogen and oxygen atoms in total. The maximum absolute atomic E-state index is 14.4.